The Morgan fingerprint density at radius 3 is 2.05 bits per heavy atom. The van der Waals surface area contributed by atoms with E-state index in [9.17, 15) is 4.79 Å². The van der Waals surface area contributed by atoms with Crippen molar-refractivity contribution in [3.05, 3.63) is 0 Å². The van der Waals surface area contributed by atoms with Crippen LogP contribution in [0.1, 0.15) is 54.9 Å². The Morgan fingerprint density at radius 2 is 1.60 bits per heavy atom. The highest BCUT2D eigenvalue weighted by molar-refractivity contribution is 5.68. The van der Waals surface area contributed by atoms with E-state index >= 15 is 0 Å². The molecule has 0 aromatic carbocycles. The second-order valence-electron chi connectivity index (χ2n) is 7.29. The van der Waals surface area contributed by atoms with Gasteiger partial charge in [0.1, 0.15) is 6.61 Å². The fourth-order valence-electron chi connectivity index (χ4n) is 1.30. The van der Waals surface area contributed by atoms with Crippen LogP contribution in [0.3, 0.4) is 0 Å². The maximum Gasteiger partial charge on any atom is 0.407 e. The molecule has 0 atom stereocenters. The second-order valence-corrected chi connectivity index (χ2v) is 7.29. The van der Waals surface area contributed by atoms with Crippen LogP contribution in [-0.2, 0) is 9.47 Å². The summed E-state index contributed by atoms with van der Waals surface area (Å²) in [5.41, 5.74) is 4.75. The van der Waals surface area contributed by atoms with Crippen molar-refractivity contribution in [3.63, 3.8) is 0 Å². The van der Waals surface area contributed by atoms with Crippen LogP contribution in [0.4, 0.5) is 4.79 Å². The third-order valence-corrected chi connectivity index (χ3v) is 3.79. The first-order valence-electron chi connectivity index (χ1n) is 7.20. The number of nitrogens with one attached hydrogen (secondary N) is 1. The first-order chi connectivity index (χ1) is 8.91. The zero-order valence-electron chi connectivity index (χ0n) is 14.1. The average Bonchev–Trinajstić information content (AvgIpc) is 2.23. The fraction of sp³-hybridized carbons (Fsp3) is 0.933. The molecule has 120 valence electrons. The van der Waals surface area contributed by atoms with Gasteiger partial charge >= 0.3 is 6.09 Å². The summed E-state index contributed by atoms with van der Waals surface area (Å²) in [5, 5.41) is 2.82. The maximum absolute atomic E-state index is 11.5. The van der Waals surface area contributed by atoms with Crippen LogP contribution >= 0.6 is 0 Å². The molecule has 1 amide bonds. The molecule has 0 bridgehead atoms. The smallest absolute Gasteiger partial charge is 0.407 e. The first kappa shape index (κ1) is 19.2. The molecule has 3 N–H and O–H groups in total. The Bertz CT molecular complexity index is 307. The van der Waals surface area contributed by atoms with Crippen molar-refractivity contribution in [1.29, 1.82) is 0 Å². The largest absolute Gasteiger partial charge is 0.448 e. The number of amides is 1. The van der Waals surface area contributed by atoms with E-state index in [2.05, 4.69) is 39.9 Å². The standard InChI is InChI=1S/C15H32N2O3/c1-13(2,3)15(6,7)20-10-8-14(4,5)17-12(18)19-11-9-16/h8-11,16H2,1-7H3,(H,17,18). The van der Waals surface area contributed by atoms with Gasteiger partial charge in [-0.3, -0.25) is 0 Å². The maximum atomic E-state index is 11.5. The highest BCUT2D eigenvalue weighted by Gasteiger charge is 2.34. The van der Waals surface area contributed by atoms with Crippen LogP contribution in [0.25, 0.3) is 0 Å². The minimum Gasteiger partial charge on any atom is -0.448 e. The predicted octanol–water partition coefficient (Wildman–Crippen LogP) is 2.68. The molecule has 0 unspecified atom stereocenters. The number of hydrogen-bond donors (Lipinski definition) is 2. The topological polar surface area (TPSA) is 73.6 Å². The summed E-state index contributed by atoms with van der Waals surface area (Å²) in [5.74, 6) is 0. The molecule has 5 nitrogen and oxygen atoms in total. The molecule has 0 heterocycles. The minimum atomic E-state index is -0.435. The van der Waals surface area contributed by atoms with Gasteiger partial charge in [-0.2, -0.15) is 0 Å². The van der Waals surface area contributed by atoms with Crippen LogP contribution in [-0.4, -0.2) is 37.0 Å². The van der Waals surface area contributed by atoms with Crippen LogP contribution in [0.15, 0.2) is 0 Å². The fourth-order valence-corrected chi connectivity index (χ4v) is 1.30. The van der Waals surface area contributed by atoms with Crippen molar-refractivity contribution in [1.82, 2.24) is 5.32 Å². The Morgan fingerprint density at radius 1 is 1.05 bits per heavy atom. The molecular weight excluding hydrogens is 256 g/mol. The van der Waals surface area contributed by atoms with Gasteiger partial charge in [0.2, 0.25) is 0 Å². The Labute approximate surface area is 123 Å². The first-order valence-corrected chi connectivity index (χ1v) is 7.20. The molecule has 0 aliphatic rings. The lowest BCUT2D eigenvalue weighted by Crippen LogP contribution is -2.46. The summed E-state index contributed by atoms with van der Waals surface area (Å²) in [6, 6.07) is 0. The van der Waals surface area contributed by atoms with Crippen molar-refractivity contribution in [2.24, 2.45) is 11.1 Å². The predicted molar refractivity (Wildman–Crippen MR) is 81.7 cm³/mol. The monoisotopic (exact) mass is 288 g/mol. The zero-order valence-corrected chi connectivity index (χ0v) is 14.1. The second kappa shape index (κ2) is 7.27. The molecule has 0 radical (unpaired) electrons. The van der Waals surface area contributed by atoms with Gasteiger partial charge in [0.15, 0.2) is 0 Å². The summed E-state index contributed by atoms with van der Waals surface area (Å²) in [6.45, 7) is 15.7. The molecule has 0 aromatic heterocycles. The summed E-state index contributed by atoms with van der Waals surface area (Å²) < 4.78 is 10.9. The molecule has 0 aromatic rings. The molecule has 0 aliphatic heterocycles. The number of hydrogen-bond acceptors (Lipinski definition) is 4. The van der Waals surface area contributed by atoms with Gasteiger partial charge in [-0.1, -0.05) is 20.8 Å². The minimum absolute atomic E-state index is 0.0601. The van der Waals surface area contributed by atoms with E-state index in [0.29, 0.717) is 19.6 Å². The highest BCUT2D eigenvalue weighted by Crippen LogP contribution is 2.33. The van der Waals surface area contributed by atoms with Gasteiger partial charge in [-0.05, 0) is 39.5 Å². The molecule has 0 fully saturated rings. The lowest BCUT2D eigenvalue weighted by molar-refractivity contribution is -0.0944. The van der Waals surface area contributed by atoms with Gasteiger partial charge < -0.3 is 20.5 Å². The molecule has 0 spiro atoms. The van der Waals surface area contributed by atoms with Crippen molar-refractivity contribution in [2.75, 3.05) is 19.8 Å². The van der Waals surface area contributed by atoms with Gasteiger partial charge in [0.25, 0.3) is 0 Å². The number of ether oxygens (including phenoxy) is 2. The van der Waals surface area contributed by atoms with Crippen LogP contribution in [0, 0.1) is 5.41 Å². The molecule has 20 heavy (non-hydrogen) atoms. The summed E-state index contributed by atoms with van der Waals surface area (Å²) >= 11 is 0. The third kappa shape index (κ3) is 7.10. The molecular formula is C15H32N2O3. The lowest BCUT2D eigenvalue weighted by Gasteiger charge is -2.39. The molecule has 0 aliphatic carbocycles. The van der Waals surface area contributed by atoms with E-state index in [1.54, 1.807) is 0 Å². The van der Waals surface area contributed by atoms with E-state index in [0.717, 1.165) is 0 Å². The Kier molecular flexibility index (Phi) is 6.98. The zero-order chi connectivity index (χ0) is 16.0. The number of carbonyl (C=O) groups is 1. The summed E-state index contributed by atoms with van der Waals surface area (Å²) in [4.78, 5) is 11.5. The average molecular weight is 288 g/mol. The third-order valence-electron chi connectivity index (χ3n) is 3.79. The van der Waals surface area contributed by atoms with Gasteiger partial charge in [-0.25, -0.2) is 4.79 Å². The molecule has 0 saturated carbocycles. The van der Waals surface area contributed by atoms with E-state index in [-0.39, 0.29) is 23.2 Å². The Balaban J connectivity index is 4.20. The van der Waals surface area contributed by atoms with E-state index < -0.39 is 6.09 Å². The highest BCUT2D eigenvalue weighted by atomic mass is 16.5. The van der Waals surface area contributed by atoms with E-state index in [1.165, 1.54) is 0 Å². The van der Waals surface area contributed by atoms with Gasteiger partial charge in [0, 0.05) is 18.7 Å². The quantitative estimate of drug-likeness (QED) is 0.755. The van der Waals surface area contributed by atoms with Crippen molar-refractivity contribution in [2.45, 2.75) is 66.0 Å². The van der Waals surface area contributed by atoms with Crippen molar-refractivity contribution < 1.29 is 14.3 Å². The van der Waals surface area contributed by atoms with Crippen LogP contribution < -0.4 is 11.1 Å². The van der Waals surface area contributed by atoms with Crippen molar-refractivity contribution in [3.8, 4) is 0 Å². The van der Waals surface area contributed by atoms with Gasteiger partial charge in [0.05, 0.1) is 5.60 Å². The normalized spacial score (nSPS) is 13.2. The number of alkyl carbamates (subject to hydrolysis) is 1. The SMILES string of the molecule is CC(C)(CCOC(C)(C)C(C)(C)C)NC(=O)OCCN. The molecule has 0 rings (SSSR count). The van der Waals surface area contributed by atoms with E-state index in [4.69, 9.17) is 15.2 Å². The van der Waals surface area contributed by atoms with Crippen LogP contribution in [0.2, 0.25) is 0 Å². The molecule has 5 heteroatoms. The van der Waals surface area contributed by atoms with Crippen molar-refractivity contribution >= 4 is 6.09 Å². The summed E-state index contributed by atoms with van der Waals surface area (Å²) in [7, 11) is 0. The van der Waals surface area contributed by atoms with E-state index in [1.807, 2.05) is 13.8 Å². The summed E-state index contributed by atoms with van der Waals surface area (Å²) in [6.07, 6.45) is 0.278. The number of nitrogens with two attached hydrogens (primary N) is 1. The number of carbonyl (C=O) groups excluding carboxylic acids is 1. The van der Waals surface area contributed by atoms with Gasteiger partial charge in [-0.15, -0.1) is 0 Å². The lowest BCUT2D eigenvalue weighted by atomic mass is 9.79. The van der Waals surface area contributed by atoms with Crippen LogP contribution in [0.5, 0.6) is 0 Å². The molecule has 0 saturated heterocycles. The number of rotatable bonds is 7. The Hall–Kier alpha value is -0.810.